The Bertz CT molecular complexity index is 632. The van der Waals surface area contributed by atoms with Gasteiger partial charge in [-0.05, 0) is 18.2 Å². The first kappa shape index (κ1) is 11.7. The lowest BCUT2D eigenvalue weighted by Crippen LogP contribution is -2.21. The van der Waals surface area contributed by atoms with Crippen molar-refractivity contribution < 1.29 is 4.74 Å². The number of aromatic amines is 2. The molecule has 0 spiro atoms. The van der Waals surface area contributed by atoms with Crippen molar-refractivity contribution in [1.82, 2.24) is 9.97 Å². The Balaban J connectivity index is 2.70. The first-order valence-corrected chi connectivity index (χ1v) is 5.57. The fourth-order valence-electron chi connectivity index (χ4n) is 1.50. The van der Waals surface area contributed by atoms with Gasteiger partial charge in [0.1, 0.15) is 5.75 Å². The molecule has 0 radical (unpaired) electrons. The van der Waals surface area contributed by atoms with Crippen LogP contribution in [0.25, 0.3) is 11.3 Å². The van der Waals surface area contributed by atoms with Crippen LogP contribution >= 0.6 is 15.9 Å². The average molecular weight is 297 g/mol. The molecule has 0 amide bonds. The molecule has 0 aliphatic carbocycles. The first-order chi connectivity index (χ1) is 8.10. The Hall–Kier alpha value is -1.82. The fraction of sp³-hybridized carbons (Fsp3) is 0.0909. The third-order valence-electron chi connectivity index (χ3n) is 2.21. The van der Waals surface area contributed by atoms with Gasteiger partial charge in [0.25, 0.3) is 5.56 Å². The van der Waals surface area contributed by atoms with E-state index in [0.717, 1.165) is 4.47 Å². The van der Waals surface area contributed by atoms with Gasteiger partial charge in [0, 0.05) is 16.1 Å². The van der Waals surface area contributed by atoms with Gasteiger partial charge in [-0.2, -0.15) is 0 Å². The van der Waals surface area contributed by atoms with E-state index < -0.39 is 11.2 Å². The number of aromatic nitrogens is 2. The highest BCUT2D eigenvalue weighted by Crippen LogP contribution is 2.30. The Morgan fingerprint density at radius 1 is 1.18 bits per heavy atom. The molecule has 1 aromatic carbocycles. The van der Waals surface area contributed by atoms with Crippen LogP contribution in [0.15, 0.2) is 38.3 Å². The number of nitrogens with one attached hydrogen (secondary N) is 2. The van der Waals surface area contributed by atoms with E-state index >= 15 is 0 Å². The smallest absolute Gasteiger partial charge is 0.326 e. The molecule has 5 nitrogen and oxygen atoms in total. The second kappa shape index (κ2) is 4.58. The lowest BCUT2D eigenvalue weighted by Gasteiger charge is -2.08. The van der Waals surface area contributed by atoms with Crippen LogP contribution in [0.5, 0.6) is 5.75 Å². The molecule has 0 aliphatic rings. The van der Waals surface area contributed by atoms with Gasteiger partial charge >= 0.3 is 5.69 Å². The molecule has 0 aliphatic heterocycles. The third kappa shape index (κ3) is 2.47. The molecule has 88 valence electrons. The van der Waals surface area contributed by atoms with Gasteiger partial charge in [-0.25, -0.2) is 4.79 Å². The minimum Gasteiger partial charge on any atom is -0.496 e. The summed E-state index contributed by atoms with van der Waals surface area (Å²) in [6, 6.07) is 6.64. The van der Waals surface area contributed by atoms with Crippen LogP contribution in [0.2, 0.25) is 0 Å². The molecule has 0 saturated carbocycles. The molecule has 1 heterocycles. The molecule has 2 aromatic rings. The molecule has 0 bridgehead atoms. The van der Waals surface area contributed by atoms with E-state index in [2.05, 4.69) is 25.9 Å². The van der Waals surface area contributed by atoms with E-state index in [1.165, 1.54) is 13.2 Å². The molecular weight excluding hydrogens is 288 g/mol. The Kier molecular flexibility index (Phi) is 3.14. The third-order valence-corrected chi connectivity index (χ3v) is 2.71. The second-order valence-corrected chi connectivity index (χ2v) is 4.26. The summed E-state index contributed by atoms with van der Waals surface area (Å²) in [5.41, 5.74) is 0.0577. The summed E-state index contributed by atoms with van der Waals surface area (Å²) in [4.78, 5) is 27.1. The van der Waals surface area contributed by atoms with Crippen molar-refractivity contribution >= 4 is 15.9 Å². The molecule has 1 aromatic heterocycles. The maximum absolute atomic E-state index is 11.2. The minimum atomic E-state index is -0.547. The number of hydrogen-bond acceptors (Lipinski definition) is 3. The van der Waals surface area contributed by atoms with Crippen molar-refractivity contribution in [3.8, 4) is 17.0 Å². The largest absolute Gasteiger partial charge is 0.496 e. The predicted octanol–water partition coefficient (Wildman–Crippen LogP) is 1.50. The Labute approximate surface area is 105 Å². The van der Waals surface area contributed by atoms with Crippen LogP contribution < -0.4 is 16.0 Å². The predicted molar refractivity (Wildman–Crippen MR) is 67.4 cm³/mol. The highest BCUT2D eigenvalue weighted by Gasteiger charge is 2.08. The number of halogens is 1. The molecule has 0 fully saturated rings. The topological polar surface area (TPSA) is 75.0 Å². The highest BCUT2D eigenvalue weighted by atomic mass is 79.9. The van der Waals surface area contributed by atoms with Crippen LogP contribution in [0.4, 0.5) is 0 Å². The molecule has 2 N–H and O–H groups in total. The maximum Gasteiger partial charge on any atom is 0.326 e. The summed E-state index contributed by atoms with van der Waals surface area (Å²) < 4.78 is 6.01. The monoisotopic (exact) mass is 296 g/mol. The van der Waals surface area contributed by atoms with Crippen LogP contribution in [0.1, 0.15) is 0 Å². The summed E-state index contributed by atoms with van der Waals surface area (Å²) in [5, 5.41) is 0. The average Bonchev–Trinajstić information content (AvgIpc) is 2.27. The fourth-order valence-corrected chi connectivity index (χ4v) is 1.87. The Morgan fingerprint density at radius 2 is 1.94 bits per heavy atom. The number of ether oxygens (including phenoxy) is 1. The maximum atomic E-state index is 11.2. The zero-order valence-electron chi connectivity index (χ0n) is 8.91. The molecule has 17 heavy (non-hydrogen) atoms. The number of rotatable bonds is 2. The number of H-pyrrole nitrogens is 2. The van der Waals surface area contributed by atoms with Gasteiger partial charge in [-0.1, -0.05) is 15.9 Å². The molecular formula is C11H9BrN2O3. The van der Waals surface area contributed by atoms with Gasteiger partial charge in [-0.3, -0.25) is 9.78 Å². The lowest BCUT2D eigenvalue weighted by molar-refractivity contribution is 0.416. The van der Waals surface area contributed by atoms with Gasteiger partial charge in [0.15, 0.2) is 0 Å². The molecule has 6 heteroatoms. The van der Waals surface area contributed by atoms with Crippen molar-refractivity contribution in [1.29, 1.82) is 0 Å². The van der Waals surface area contributed by atoms with Crippen molar-refractivity contribution in [2.75, 3.05) is 7.11 Å². The number of methoxy groups -OCH3 is 1. The van der Waals surface area contributed by atoms with Gasteiger partial charge in [-0.15, -0.1) is 0 Å². The summed E-state index contributed by atoms with van der Waals surface area (Å²) in [5.74, 6) is 0.578. The van der Waals surface area contributed by atoms with Crippen molar-refractivity contribution in [3.63, 3.8) is 0 Å². The van der Waals surface area contributed by atoms with Crippen LogP contribution in [-0.2, 0) is 0 Å². The van der Waals surface area contributed by atoms with E-state index in [4.69, 9.17) is 4.74 Å². The summed E-state index contributed by atoms with van der Waals surface area (Å²) in [7, 11) is 1.53. The van der Waals surface area contributed by atoms with E-state index in [-0.39, 0.29) is 0 Å². The van der Waals surface area contributed by atoms with Gasteiger partial charge in [0.05, 0.1) is 12.8 Å². The number of benzene rings is 1. The zero-order chi connectivity index (χ0) is 12.4. The standard InChI is InChI=1S/C11H9BrN2O3/c1-17-9-3-2-6(12)4-7(9)8-5-10(15)14-11(16)13-8/h2-5H,1H3,(H2,13,14,15,16). The highest BCUT2D eigenvalue weighted by molar-refractivity contribution is 9.10. The lowest BCUT2D eigenvalue weighted by atomic mass is 10.1. The van der Waals surface area contributed by atoms with Crippen LogP contribution in [0.3, 0.4) is 0 Å². The van der Waals surface area contributed by atoms with Crippen molar-refractivity contribution in [3.05, 3.63) is 49.6 Å². The minimum absolute atomic E-state index is 0.414. The summed E-state index contributed by atoms with van der Waals surface area (Å²) in [6.07, 6.45) is 0. The van der Waals surface area contributed by atoms with Gasteiger partial charge in [0.2, 0.25) is 0 Å². The zero-order valence-corrected chi connectivity index (χ0v) is 10.5. The summed E-state index contributed by atoms with van der Waals surface area (Å²) in [6.45, 7) is 0. The van der Waals surface area contributed by atoms with Crippen LogP contribution in [-0.4, -0.2) is 17.1 Å². The van der Waals surface area contributed by atoms with Crippen molar-refractivity contribution in [2.45, 2.75) is 0 Å². The van der Waals surface area contributed by atoms with Gasteiger partial charge < -0.3 is 9.72 Å². The van der Waals surface area contributed by atoms with Crippen molar-refractivity contribution in [2.24, 2.45) is 0 Å². The van der Waals surface area contributed by atoms with Crippen LogP contribution in [0, 0.1) is 0 Å². The first-order valence-electron chi connectivity index (χ1n) is 4.77. The van der Waals surface area contributed by atoms with E-state index in [1.807, 2.05) is 6.07 Å². The van der Waals surface area contributed by atoms with E-state index in [1.54, 1.807) is 12.1 Å². The molecule has 0 unspecified atom stereocenters. The number of hydrogen-bond donors (Lipinski definition) is 2. The normalized spacial score (nSPS) is 10.2. The Morgan fingerprint density at radius 3 is 2.59 bits per heavy atom. The quantitative estimate of drug-likeness (QED) is 0.882. The van der Waals surface area contributed by atoms with E-state index in [0.29, 0.717) is 17.0 Å². The SMILES string of the molecule is COc1ccc(Br)cc1-c1cc(=O)[nH]c(=O)[nH]1. The molecule has 0 atom stereocenters. The van der Waals surface area contributed by atoms with E-state index in [9.17, 15) is 9.59 Å². The second-order valence-electron chi connectivity index (χ2n) is 3.35. The molecule has 2 rings (SSSR count). The molecule has 0 saturated heterocycles. The summed E-state index contributed by atoms with van der Waals surface area (Å²) >= 11 is 3.33.